The van der Waals surface area contributed by atoms with E-state index in [1.807, 2.05) is 4.90 Å². The maximum absolute atomic E-state index is 12.2. The smallest absolute Gasteiger partial charge is 0.445 e. The number of nitrogens with one attached hydrogen (secondary N) is 1. The molecule has 4 N–H and O–H groups in total. The molecule has 192 valence electrons. The molecule has 0 saturated carbocycles. The van der Waals surface area contributed by atoms with Gasteiger partial charge in [0.2, 0.25) is 0 Å². The number of ether oxygens (including phenoxy) is 2. The van der Waals surface area contributed by atoms with E-state index in [0.717, 1.165) is 0 Å². The van der Waals surface area contributed by atoms with Gasteiger partial charge in [-0.3, -0.25) is 9.47 Å². The lowest BCUT2D eigenvalue weighted by molar-refractivity contribution is -0.0909. The third-order valence-electron chi connectivity index (χ3n) is 5.85. The number of amides is 1. The van der Waals surface area contributed by atoms with Gasteiger partial charge in [-0.1, -0.05) is 5.92 Å². The highest BCUT2D eigenvalue weighted by atomic mass is 16.6. The fourth-order valence-corrected chi connectivity index (χ4v) is 3.90. The van der Waals surface area contributed by atoms with Crippen molar-refractivity contribution in [3.63, 3.8) is 0 Å². The lowest BCUT2D eigenvalue weighted by Gasteiger charge is -2.26. The molecule has 3 atom stereocenters. The summed E-state index contributed by atoms with van der Waals surface area (Å²) in [6, 6.07) is 0. The summed E-state index contributed by atoms with van der Waals surface area (Å²) in [5.74, 6) is 3.18. The molecule has 14 heteroatoms. The number of nitrogens with two attached hydrogens (primary N) is 1. The van der Waals surface area contributed by atoms with Crippen molar-refractivity contribution in [3.8, 4) is 12.3 Å². The molecule has 4 rings (SSSR count). The number of aromatic nitrogens is 4. The number of terminal acetylenes is 1. The van der Waals surface area contributed by atoms with Crippen LogP contribution in [0.2, 0.25) is 0 Å². The molecule has 0 spiro atoms. The van der Waals surface area contributed by atoms with Gasteiger partial charge in [-0.25, -0.2) is 24.5 Å². The standard InChI is InChI=1S/C22H27N7O7/c1-5-22(10-33-20(31)24-6-7-28(4)9-14-12(2)34-21(32)35-14)15(30)8-16(36-22)29-11-25-17-18(23)26-13(3)27-19(17)29/h1,11,15-16,30H,6-10H2,2-4H3,(H,24,31)(H2,23,26,27)/t15-,16+,22+/m0/s1. The first-order chi connectivity index (χ1) is 17.1. The summed E-state index contributed by atoms with van der Waals surface area (Å²) >= 11 is 0. The van der Waals surface area contributed by atoms with Gasteiger partial charge in [0, 0.05) is 19.5 Å². The second-order valence-corrected chi connectivity index (χ2v) is 8.51. The van der Waals surface area contributed by atoms with Gasteiger partial charge in [-0.2, -0.15) is 0 Å². The molecule has 1 fully saturated rings. The number of likely N-dealkylation sites (N-methyl/N-ethyl adjacent to an activating group) is 1. The van der Waals surface area contributed by atoms with E-state index >= 15 is 0 Å². The Bertz CT molecular complexity index is 1360. The van der Waals surface area contributed by atoms with Crippen LogP contribution in [0.1, 0.15) is 30.0 Å². The number of aliphatic hydroxyl groups excluding tert-OH is 1. The molecular weight excluding hydrogens is 474 g/mol. The molecule has 1 aliphatic rings. The second kappa shape index (κ2) is 9.97. The minimum atomic E-state index is -1.56. The van der Waals surface area contributed by atoms with Crippen LogP contribution in [0.25, 0.3) is 11.2 Å². The van der Waals surface area contributed by atoms with Gasteiger partial charge in [0.1, 0.15) is 36.0 Å². The number of anilines is 1. The fraction of sp³-hybridized carbons (Fsp3) is 0.500. The molecule has 1 amide bonds. The number of rotatable bonds is 8. The van der Waals surface area contributed by atoms with Gasteiger partial charge in [-0.15, -0.1) is 6.42 Å². The number of hydrogen-bond acceptors (Lipinski definition) is 12. The molecule has 4 heterocycles. The third-order valence-corrected chi connectivity index (χ3v) is 5.85. The Hall–Kier alpha value is -3.93. The molecule has 1 aliphatic heterocycles. The highest BCUT2D eigenvalue weighted by Crippen LogP contribution is 2.38. The maximum atomic E-state index is 12.2. The first kappa shape index (κ1) is 25.2. The Morgan fingerprint density at radius 1 is 1.44 bits per heavy atom. The quantitative estimate of drug-likeness (QED) is 0.354. The molecule has 14 nitrogen and oxygen atoms in total. The lowest BCUT2D eigenvalue weighted by atomic mass is 9.99. The van der Waals surface area contributed by atoms with E-state index in [1.54, 1.807) is 25.5 Å². The second-order valence-electron chi connectivity index (χ2n) is 8.51. The average molecular weight is 502 g/mol. The number of fused-ring (bicyclic) bond motifs is 1. The predicted octanol–water partition coefficient (Wildman–Crippen LogP) is 0.0815. The fourth-order valence-electron chi connectivity index (χ4n) is 3.90. The third kappa shape index (κ3) is 5.03. The minimum Gasteiger partial charge on any atom is -0.445 e. The zero-order valence-corrected chi connectivity index (χ0v) is 20.1. The Morgan fingerprint density at radius 3 is 2.92 bits per heavy atom. The van der Waals surface area contributed by atoms with Crippen LogP contribution in [0.15, 0.2) is 20.0 Å². The van der Waals surface area contributed by atoms with Crippen LogP contribution in [0.5, 0.6) is 0 Å². The molecule has 0 aliphatic carbocycles. The van der Waals surface area contributed by atoms with Gasteiger partial charge >= 0.3 is 11.9 Å². The van der Waals surface area contributed by atoms with Crippen molar-refractivity contribution in [1.29, 1.82) is 0 Å². The number of hydrogen-bond donors (Lipinski definition) is 3. The predicted molar refractivity (Wildman–Crippen MR) is 124 cm³/mol. The number of carbonyl (C=O) groups excluding carboxylic acids is 1. The van der Waals surface area contributed by atoms with Gasteiger partial charge in [0.25, 0.3) is 0 Å². The topological polar surface area (TPSA) is 184 Å². The first-order valence-corrected chi connectivity index (χ1v) is 11.1. The molecule has 0 unspecified atom stereocenters. The molecule has 3 aromatic heterocycles. The summed E-state index contributed by atoms with van der Waals surface area (Å²) in [5, 5.41) is 13.3. The van der Waals surface area contributed by atoms with Crippen LogP contribution < -0.4 is 16.9 Å². The molecule has 0 bridgehead atoms. The van der Waals surface area contributed by atoms with Gasteiger partial charge < -0.3 is 34.5 Å². The van der Waals surface area contributed by atoms with Crippen LogP contribution in [-0.2, 0) is 16.0 Å². The Labute approximate surface area is 205 Å². The molecule has 3 aromatic rings. The van der Waals surface area contributed by atoms with E-state index in [4.69, 9.17) is 30.5 Å². The van der Waals surface area contributed by atoms with Gasteiger partial charge in [0.05, 0.1) is 12.9 Å². The van der Waals surface area contributed by atoms with Crippen molar-refractivity contribution in [2.75, 3.05) is 32.5 Å². The van der Waals surface area contributed by atoms with Crippen LogP contribution in [-0.4, -0.2) is 74.1 Å². The van der Waals surface area contributed by atoms with Crippen LogP contribution in [0.3, 0.4) is 0 Å². The minimum absolute atomic E-state index is 0.123. The average Bonchev–Trinajstić information content (AvgIpc) is 3.47. The van der Waals surface area contributed by atoms with E-state index in [0.29, 0.717) is 41.6 Å². The maximum Gasteiger partial charge on any atom is 0.519 e. The summed E-state index contributed by atoms with van der Waals surface area (Å²) in [6.07, 6.45) is 4.74. The number of nitrogen functional groups attached to an aromatic ring is 1. The number of aryl methyl sites for hydroxylation is 2. The molecular formula is C22H27N7O7. The first-order valence-electron chi connectivity index (χ1n) is 11.1. The molecule has 0 radical (unpaired) electrons. The number of aliphatic hydroxyl groups is 1. The zero-order valence-electron chi connectivity index (χ0n) is 20.1. The normalized spacial score (nSPS) is 21.7. The monoisotopic (exact) mass is 501 g/mol. The number of alkyl carbamates (subject to hydrolysis) is 1. The molecule has 36 heavy (non-hydrogen) atoms. The Kier molecular flexibility index (Phi) is 6.97. The van der Waals surface area contributed by atoms with Crippen molar-refractivity contribution >= 4 is 23.1 Å². The summed E-state index contributed by atoms with van der Waals surface area (Å²) in [5.41, 5.74) is 5.21. The van der Waals surface area contributed by atoms with E-state index < -0.39 is 29.8 Å². The van der Waals surface area contributed by atoms with Gasteiger partial charge in [-0.05, 0) is 20.9 Å². The summed E-state index contributed by atoms with van der Waals surface area (Å²) < 4.78 is 22.7. The summed E-state index contributed by atoms with van der Waals surface area (Å²) in [7, 11) is 1.79. The lowest BCUT2D eigenvalue weighted by Crippen LogP contribution is -2.44. The van der Waals surface area contributed by atoms with E-state index in [1.165, 1.54) is 6.33 Å². The zero-order chi connectivity index (χ0) is 26.0. The SMILES string of the molecule is C#C[C@]1(COC(=O)NCCN(C)Cc2oc(=O)oc2C)O[C@@H](n2cnc3c(N)nc(C)nc32)C[C@@H]1O. The van der Waals surface area contributed by atoms with Crippen LogP contribution in [0, 0.1) is 26.2 Å². The molecule has 1 saturated heterocycles. The van der Waals surface area contributed by atoms with Crippen molar-refractivity contribution in [2.45, 2.75) is 44.7 Å². The Balaban J connectivity index is 1.31. The van der Waals surface area contributed by atoms with E-state index in [2.05, 4.69) is 26.2 Å². The molecule has 0 aromatic carbocycles. The van der Waals surface area contributed by atoms with Gasteiger partial charge in [0.15, 0.2) is 22.8 Å². The van der Waals surface area contributed by atoms with Crippen molar-refractivity contribution in [1.82, 2.24) is 29.7 Å². The Morgan fingerprint density at radius 2 is 2.22 bits per heavy atom. The highest BCUT2D eigenvalue weighted by Gasteiger charge is 2.49. The largest absolute Gasteiger partial charge is 0.519 e. The number of carbonyl (C=O) groups is 1. The van der Waals surface area contributed by atoms with Crippen molar-refractivity contribution in [3.05, 3.63) is 34.3 Å². The van der Waals surface area contributed by atoms with Crippen molar-refractivity contribution in [2.24, 2.45) is 0 Å². The van der Waals surface area contributed by atoms with E-state index in [9.17, 15) is 14.7 Å². The van der Waals surface area contributed by atoms with Crippen molar-refractivity contribution < 1.29 is 28.2 Å². The summed E-state index contributed by atoms with van der Waals surface area (Å²) in [4.78, 5) is 37.9. The van der Waals surface area contributed by atoms with E-state index in [-0.39, 0.29) is 25.4 Å². The number of nitrogens with zero attached hydrogens (tertiary/aromatic N) is 5. The van der Waals surface area contributed by atoms with Crippen LogP contribution >= 0.6 is 0 Å². The number of imidazole rings is 1. The summed E-state index contributed by atoms with van der Waals surface area (Å²) in [6.45, 7) is 3.97. The highest BCUT2D eigenvalue weighted by molar-refractivity contribution is 5.81. The van der Waals surface area contributed by atoms with Crippen LogP contribution in [0.4, 0.5) is 10.6 Å².